The third kappa shape index (κ3) is 5.39. The highest BCUT2D eigenvalue weighted by atomic mass is 16.3. The van der Waals surface area contributed by atoms with Crippen LogP contribution in [0.4, 0.5) is 0 Å². The van der Waals surface area contributed by atoms with Crippen LogP contribution in [-0.4, -0.2) is 23.7 Å². The van der Waals surface area contributed by atoms with E-state index in [4.69, 9.17) is 11.5 Å². The largest absolute Gasteiger partial charge is 0.394 e. The van der Waals surface area contributed by atoms with Gasteiger partial charge in [-0.3, -0.25) is 4.79 Å². The Hall–Kier alpha value is -1.27. The Kier molecular flexibility index (Phi) is 6.51. The lowest BCUT2D eigenvalue weighted by molar-refractivity contribution is -0.118. The normalized spacial score (nSPS) is 13.1. The maximum Gasteiger partial charge on any atom is 0.246 e. The van der Waals surface area contributed by atoms with Crippen molar-refractivity contribution in [3.8, 4) is 12.3 Å². The van der Waals surface area contributed by atoms with Gasteiger partial charge in [0.15, 0.2) is 0 Å². The first-order valence-corrected chi connectivity index (χ1v) is 4.63. The van der Waals surface area contributed by atoms with Gasteiger partial charge in [0, 0.05) is 18.0 Å². The number of nitrogens with one attached hydrogen (secondary N) is 1. The summed E-state index contributed by atoms with van der Waals surface area (Å²) in [5.74, 6) is 2.35. The van der Waals surface area contributed by atoms with Crippen LogP contribution in [0.5, 0.6) is 0 Å². The average Bonchev–Trinajstić information content (AvgIpc) is 2.17. The van der Waals surface area contributed by atoms with Crippen LogP contribution < -0.4 is 5.32 Å². The molecule has 0 aliphatic heterocycles. The van der Waals surface area contributed by atoms with E-state index in [1.54, 1.807) is 19.9 Å². The molecule has 3 heteroatoms. The molecule has 0 heterocycles. The second-order valence-electron chi connectivity index (χ2n) is 3.19. The van der Waals surface area contributed by atoms with Crippen molar-refractivity contribution >= 4 is 5.91 Å². The first-order chi connectivity index (χ1) is 6.61. The van der Waals surface area contributed by atoms with E-state index in [1.165, 1.54) is 0 Å². The van der Waals surface area contributed by atoms with Crippen LogP contribution in [-0.2, 0) is 4.79 Å². The van der Waals surface area contributed by atoms with Crippen molar-refractivity contribution in [2.45, 2.75) is 32.7 Å². The first kappa shape index (κ1) is 12.7. The van der Waals surface area contributed by atoms with Gasteiger partial charge in [-0.1, -0.05) is 6.08 Å². The molecule has 0 spiro atoms. The summed E-state index contributed by atoms with van der Waals surface area (Å²) in [6, 6.07) is -0.210. The average molecular weight is 195 g/mol. The van der Waals surface area contributed by atoms with Crippen LogP contribution in [0.25, 0.3) is 0 Å². The molecule has 14 heavy (non-hydrogen) atoms. The Morgan fingerprint density at radius 3 is 2.86 bits per heavy atom. The molecule has 0 saturated heterocycles. The van der Waals surface area contributed by atoms with Gasteiger partial charge in [0.05, 0.1) is 6.61 Å². The van der Waals surface area contributed by atoms with Crippen LogP contribution in [0.1, 0.15) is 26.7 Å². The maximum atomic E-state index is 11.4. The van der Waals surface area contributed by atoms with Crippen molar-refractivity contribution in [2.75, 3.05) is 6.61 Å². The maximum absolute atomic E-state index is 11.4. The lowest BCUT2D eigenvalue weighted by Crippen LogP contribution is -2.35. The summed E-state index contributed by atoms with van der Waals surface area (Å²) in [5, 5.41) is 11.4. The van der Waals surface area contributed by atoms with E-state index in [-0.39, 0.29) is 18.6 Å². The Bertz CT molecular complexity index is 251. The van der Waals surface area contributed by atoms with Crippen molar-refractivity contribution in [3.05, 3.63) is 11.6 Å². The van der Waals surface area contributed by atoms with E-state index in [2.05, 4.69) is 11.2 Å². The summed E-state index contributed by atoms with van der Waals surface area (Å²) < 4.78 is 0. The van der Waals surface area contributed by atoms with Crippen molar-refractivity contribution in [1.29, 1.82) is 0 Å². The van der Waals surface area contributed by atoms with Gasteiger partial charge >= 0.3 is 0 Å². The molecule has 2 N–H and O–H groups in total. The number of unbranched alkanes of at least 4 members (excludes halogenated alkanes) is 1. The number of terminal acetylenes is 1. The predicted octanol–water partition coefficient (Wildman–Crippen LogP) is 0.843. The zero-order chi connectivity index (χ0) is 11.0. The lowest BCUT2D eigenvalue weighted by atomic mass is 10.2. The van der Waals surface area contributed by atoms with E-state index in [0.29, 0.717) is 18.4 Å². The van der Waals surface area contributed by atoms with Crippen LogP contribution >= 0.6 is 0 Å². The monoisotopic (exact) mass is 195 g/mol. The fourth-order valence-electron chi connectivity index (χ4n) is 0.848. The second-order valence-corrected chi connectivity index (χ2v) is 3.19. The van der Waals surface area contributed by atoms with Crippen molar-refractivity contribution in [3.63, 3.8) is 0 Å². The highest BCUT2D eigenvalue weighted by Crippen LogP contribution is 1.98. The van der Waals surface area contributed by atoms with E-state index in [9.17, 15) is 4.79 Å². The number of allylic oxidation sites excluding steroid dienone is 1. The molecule has 0 aliphatic carbocycles. The summed E-state index contributed by atoms with van der Waals surface area (Å²) in [5.41, 5.74) is 0.639. The number of hydrogen-bond acceptors (Lipinski definition) is 2. The molecule has 1 amide bonds. The van der Waals surface area contributed by atoms with Gasteiger partial charge in [-0.15, -0.1) is 12.3 Å². The predicted molar refractivity (Wildman–Crippen MR) is 56.5 cm³/mol. The minimum Gasteiger partial charge on any atom is -0.394 e. The molecule has 3 nitrogen and oxygen atoms in total. The highest BCUT2D eigenvalue weighted by Gasteiger charge is 2.06. The van der Waals surface area contributed by atoms with Crippen LogP contribution in [0.3, 0.4) is 0 Å². The summed E-state index contributed by atoms with van der Waals surface area (Å²) in [4.78, 5) is 11.4. The van der Waals surface area contributed by atoms with Crippen molar-refractivity contribution in [1.82, 2.24) is 5.32 Å². The third-order valence-corrected chi connectivity index (χ3v) is 1.75. The third-order valence-electron chi connectivity index (χ3n) is 1.75. The molecule has 0 bridgehead atoms. The Balaban J connectivity index is 3.99. The molecular formula is C11H17NO2. The van der Waals surface area contributed by atoms with Gasteiger partial charge in [-0.2, -0.15) is 0 Å². The molecule has 0 aromatic heterocycles. The Morgan fingerprint density at radius 2 is 2.36 bits per heavy atom. The fraction of sp³-hybridized carbons (Fsp3) is 0.545. The molecule has 0 saturated carbocycles. The van der Waals surface area contributed by atoms with Crippen molar-refractivity contribution < 1.29 is 9.90 Å². The van der Waals surface area contributed by atoms with E-state index in [1.807, 2.05) is 0 Å². The summed E-state index contributed by atoms with van der Waals surface area (Å²) in [7, 11) is 0. The molecule has 78 valence electrons. The number of carbonyl (C=O) groups is 1. The molecule has 0 aromatic carbocycles. The fourth-order valence-corrected chi connectivity index (χ4v) is 0.848. The molecule has 0 fully saturated rings. The van der Waals surface area contributed by atoms with Gasteiger partial charge in [0.25, 0.3) is 0 Å². The molecule has 0 radical (unpaired) electrons. The van der Waals surface area contributed by atoms with Gasteiger partial charge in [0.2, 0.25) is 5.91 Å². The van der Waals surface area contributed by atoms with E-state index >= 15 is 0 Å². The Labute approximate surface area is 85.2 Å². The number of amides is 1. The zero-order valence-electron chi connectivity index (χ0n) is 8.71. The van der Waals surface area contributed by atoms with E-state index in [0.717, 1.165) is 0 Å². The first-order valence-electron chi connectivity index (χ1n) is 4.63. The molecule has 0 aromatic rings. The summed E-state index contributed by atoms with van der Waals surface area (Å²) in [6.45, 7) is 3.42. The molecule has 0 aliphatic rings. The summed E-state index contributed by atoms with van der Waals surface area (Å²) in [6.07, 6.45) is 8.24. The molecule has 0 unspecified atom stereocenters. The molecule has 1 atom stereocenters. The van der Waals surface area contributed by atoms with Gasteiger partial charge in [-0.25, -0.2) is 0 Å². The minimum atomic E-state index is -0.210. The molecular weight excluding hydrogens is 178 g/mol. The minimum absolute atomic E-state index is 0.0522. The number of rotatable bonds is 5. The zero-order valence-corrected chi connectivity index (χ0v) is 8.71. The number of carbonyl (C=O) groups excluding carboxylic acids is 1. The SMILES string of the molecule is C#CCC/C=C(\C)C(=O)N[C@@H](C)CO. The van der Waals surface area contributed by atoms with Crippen LogP contribution in [0, 0.1) is 12.3 Å². The standard InChI is InChI=1S/C11H17NO2/c1-4-5-6-7-9(2)11(14)12-10(3)8-13/h1,7,10,13H,5-6,8H2,2-3H3,(H,12,14)/b9-7+/t10-/m0/s1. The quantitative estimate of drug-likeness (QED) is 0.388. The number of aliphatic hydroxyl groups is 1. The van der Waals surface area contributed by atoms with Crippen LogP contribution in [0.15, 0.2) is 11.6 Å². The lowest BCUT2D eigenvalue weighted by Gasteiger charge is -2.10. The smallest absolute Gasteiger partial charge is 0.246 e. The van der Waals surface area contributed by atoms with Gasteiger partial charge in [0.1, 0.15) is 0 Å². The van der Waals surface area contributed by atoms with Crippen LogP contribution in [0.2, 0.25) is 0 Å². The number of aliphatic hydroxyl groups excluding tert-OH is 1. The topological polar surface area (TPSA) is 49.3 Å². The van der Waals surface area contributed by atoms with E-state index < -0.39 is 0 Å². The summed E-state index contributed by atoms with van der Waals surface area (Å²) >= 11 is 0. The molecule has 0 rings (SSSR count). The second kappa shape index (κ2) is 7.16. The Morgan fingerprint density at radius 1 is 1.71 bits per heavy atom. The number of hydrogen-bond donors (Lipinski definition) is 2. The van der Waals surface area contributed by atoms with Gasteiger partial charge < -0.3 is 10.4 Å². The van der Waals surface area contributed by atoms with Gasteiger partial charge in [-0.05, 0) is 20.3 Å². The van der Waals surface area contributed by atoms with Crippen molar-refractivity contribution in [2.24, 2.45) is 0 Å². The highest BCUT2D eigenvalue weighted by molar-refractivity contribution is 5.92.